The summed E-state index contributed by atoms with van der Waals surface area (Å²) >= 11 is 0. The van der Waals surface area contributed by atoms with Gasteiger partial charge in [-0.15, -0.1) is 0 Å². The molecule has 18 heavy (non-hydrogen) atoms. The molecule has 1 aromatic carbocycles. The van der Waals surface area contributed by atoms with E-state index in [-0.39, 0.29) is 0 Å². The van der Waals surface area contributed by atoms with E-state index in [0.29, 0.717) is 12.0 Å². The predicted octanol–water partition coefficient (Wildman–Crippen LogP) is 2.95. The number of benzene rings is 1. The third-order valence-electron chi connectivity index (χ3n) is 4.83. The van der Waals surface area contributed by atoms with Gasteiger partial charge in [-0.25, -0.2) is 0 Å². The summed E-state index contributed by atoms with van der Waals surface area (Å²) in [6.45, 7) is 3.06. The van der Waals surface area contributed by atoms with Crippen LogP contribution in [0.4, 0.5) is 0 Å². The Balaban J connectivity index is 1.88. The van der Waals surface area contributed by atoms with Gasteiger partial charge in [0.1, 0.15) is 0 Å². The van der Waals surface area contributed by atoms with Gasteiger partial charge in [0.2, 0.25) is 0 Å². The molecule has 0 unspecified atom stereocenters. The molecule has 98 valence electrons. The highest BCUT2D eigenvalue weighted by Gasteiger charge is 2.45. The number of aryl methyl sites for hydroxylation is 1. The first-order chi connectivity index (χ1) is 8.69. The molecule has 1 saturated carbocycles. The Morgan fingerprint density at radius 2 is 1.94 bits per heavy atom. The first-order valence-electron chi connectivity index (χ1n) is 7.21. The molecule has 2 nitrogen and oxygen atoms in total. The molecule has 0 radical (unpaired) electrons. The summed E-state index contributed by atoms with van der Waals surface area (Å²) in [6.07, 6.45) is 5.51. The summed E-state index contributed by atoms with van der Waals surface area (Å²) in [5.41, 5.74) is 2.22. The number of piperidine rings is 1. The minimum atomic E-state index is -0.418. The normalized spacial score (nSPS) is 36.1. The maximum Gasteiger partial charge on any atom is 0.0706 e. The maximum absolute atomic E-state index is 10.8. The van der Waals surface area contributed by atoms with Gasteiger partial charge in [-0.2, -0.15) is 0 Å². The largest absolute Gasteiger partial charge is 0.389 e. The van der Waals surface area contributed by atoms with Gasteiger partial charge in [0.15, 0.2) is 0 Å². The van der Waals surface area contributed by atoms with Crippen molar-refractivity contribution in [3.05, 3.63) is 35.4 Å². The van der Waals surface area contributed by atoms with Crippen molar-refractivity contribution in [2.45, 2.75) is 50.7 Å². The number of aliphatic hydroxyl groups is 1. The van der Waals surface area contributed by atoms with Crippen LogP contribution in [0.25, 0.3) is 0 Å². The lowest BCUT2D eigenvalue weighted by Gasteiger charge is -2.48. The highest BCUT2D eigenvalue weighted by Crippen LogP contribution is 2.45. The number of rotatable bonds is 1. The quantitative estimate of drug-likeness (QED) is 0.797. The smallest absolute Gasteiger partial charge is 0.0706 e. The van der Waals surface area contributed by atoms with Crippen LogP contribution in [0.5, 0.6) is 0 Å². The lowest BCUT2D eigenvalue weighted by atomic mass is 9.67. The second-order valence-corrected chi connectivity index (χ2v) is 6.05. The van der Waals surface area contributed by atoms with E-state index >= 15 is 0 Å². The van der Waals surface area contributed by atoms with Crippen LogP contribution < -0.4 is 5.32 Å². The van der Waals surface area contributed by atoms with Crippen molar-refractivity contribution in [2.24, 2.45) is 5.92 Å². The fourth-order valence-electron chi connectivity index (χ4n) is 3.75. The fraction of sp³-hybridized carbons (Fsp3) is 0.625. The van der Waals surface area contributed by atoms with E-state index in [4.69, 9.17) is 0 Å². The standard InChI is InChI=1S/C16H23NO/c1-12-5-7-13(8-6-12)15-14-4-2-3-9-16(14,18)10-11-17-15/h5-8,14-15,17-18H,2-4,9-11H2,1H3/t14-,15-,16-/m0/s1. The van der Waals surface area contributed by atoms with Gasteiger partial charge in [-0.3, -0.25) is 0 Å². The Kier molecular flexibility index (Phi) is 3.16. The van der Waals surface area contributed by atoms with Gasteiger partial charge >= 0.3 is 0 Å². The van der Waals surface area contributed by atoms with Gasteiger partial charge in [-0.1, -0.05) is 42.7 Å². The van der Waals surface area contributed by atoms with E-state index in [2.05, 4.69) is 36.5 Å². The molecule has 1 heterocycles. The molecule has 0 amide bonds. The van der Waals surface area contributed by atoms with Crippen LogP contribution >= 0.6 is 0 Å². The first kappa shape index (κ1) is 12.2. The van der Waals surface area contributed by atoms with Gasteiger partial charge in [-0.05, 0) is 38.3 Å². The molecule has 0 spiro atoms. The molecular formula is C16H23NO. The summed E-state index contributed by atoms with van der Waals surface area (Å²) in [5.74, 6) is 0.391. The van der Waals surface area contributed by atoms with Crippen molar-refractivity contribution in [3.63, 3.8) is 0 Å². The van der Waals surface area contributed by atoms with Crippen LogP contribution in [0, 0.1) is 12.8 Å². The SMILES string of the molecule is Cc1ccc([C@@H]2NCC[C@@]3(O)CCCC[C@@H]23)cc1. The number of hydrogen-bond donors (Lipinski definition) is 2. The second kappa shape index (κ2) is 4.67. The van der Waals surface area contributed by atoms with Crippen LogP contribution in [-0.4, -0.2) is 17.3 Å². The summed E-state index contributed by atoms with van der Waals surface area (Å²) in [7, 11) is 0. The van der Waals surface area contributed by atoms with Gasteiger partial charge in [0.25, 0.3) is 0 Å². The number of hydrogen-bond acceptors (Lipinski definition) is 2. The van der Waals surface area contributed by atoms with Gasteiger partial charge < -0.3 is 10.4 Å². The summed E-state index contributed by atoms with van der Waals surface area (Å²) in [5, 5.41) is 14.5. The predicted molar refractivity (Wildman–Crippen MR) is 73.4 cm³/mol. The Bertz CT molecular complexity index is 410. The van der Waals surface area contributed by atoms with Crippen LogP contribution in [0.1, 0.15) is 49.3 Å². The second-order valence-electron chi connectivity index (χ2n) is 6.05. The zero-order valence-corrected chi connectivity index (χ0v) is 11.2. The van der Waals surface area contributed by atoms with Crippen molar-refractivity contribution in [3.8, 4) is 0 Å². The van der Waals surface area contributed by atoms with Crippen molar-refractivity contribution in [1.82, 2.24) is 5.32 Å². The Morgan fingerprint density at radius 1 is 1.17 bits per heavy atom. The van der Waals surface area contributed by atoms with E-state index in [9.17, 15) is 5.11 Å². The van der Waals surface area contributed by atoms with E-state index in [1.54, 1.807) is 0 Å². The van der Waals surface area contributed by atoms with E-state index in [0.717, 1.165) is 25.8 Å². The van der Waals surface area contributed by atoms with Crippen molar-refractivity contribution >= 4 is 0 Å². The Morgan fingerprint density at radius 3 is 2.72 bits per heavy atom. The minimum Gasteiger partial charge on any atom is -0.389 e. The lowest BCUT2D eigenvalue weighted by Crippen LogP contribution is -2.53. The molecule has 1 aliphatic carbocycles. The molecule has 0 bridgehead atoms. The molecule has 3 atom stereocenters. The monoisotopic (exact) mass is 245 g/mol. The first-order valence-corrected chi connectivity index (χ1v) is 7.21. The lowest BCUT2D eigenvalue weighted by molar-refractivity contribution is -0.0861. The van der Waals surface area contributed by atoms with E-state index in [1.807, 2.05) is 0 Å². The molecule has 2 heteroatoms. The molecular weight excluding hydrogens is 222 g/mol. The molecule has 1 aromatic rings. The topological polar surface area (TPSA) is 32.3 Å². The van der Waals surface area contributed by atoms with Crippen LogP contribution in [0.15, 0.2) is 24.3 Å². The molecule has 2 fully saturated rings. The van der Waals surface area contributed by atoms with Crippen molar-refractivity contribution in [1.29, 1.82) is 0 Å². The zero-order valence-electron chi connectivity index (χ0n) is 11.2. The van der Waals surface area contributed by atoms with Crippen LogP contribution in [0.3, 0.4) is 0 Å². The van der Waals surface area contributed by atoms with Crippen molar-refractivity contribution in [2.75, 3.05) is 6.54 Å². The van der Waals surface area contributed by atoms with Gasteiger partial charge in [0.05, 0.1) is 5.60 Å². The summed E-state index contributed by atoms with van der Waals surface area (Å²) in [6, 6.07) is 9.12. The van der Waals surface area contributed by atoms with Crippen LogP contribution in [0.2, 0.25) is 0 Å². The molecule has 2 aliphatic rings. The third kappa shape index (κ3) is 2.08. The van der Waals surface area contributed by atoms with Gasteiger partial charge in [0, 0.05) is 12.0 Å². The third-order valence-corrected chi connectivity index (χ3v) is 4.83. The Hall–Kier alpha value is -0.860. The average molecular weight is 245 g/mol. The fourth-order valence-corrected chi connectivity index (χ4v) is 3.75. The summed E-state index contributed by atoms with van der Waals surface area (Å²) in [4.78, 5) is 0. The average Bonchev–Trinajstić information content (AvgIpc) is 2.38. The highest BCUT2D eigenvalue weighted by molar-refractivity contribution is 5.26. The molecule has 0 aromatic heterocycles. The molecule has 2 N–H and O–H groups in total. The molecule has 1 saturated heterocycles. The molecule has 3 rings (SSSR count). The minimum absolute atomic E-state index is 0.338. The van der Waals surface area contributed by atoms with E-state index in [1.165, 1.54) is 24.0 Å². The highest BCUT2D eigenvalue weighted by atomic mass is 16.3. The Labute approximate surface area is 109 Å². The maximum atomic E-state index is 10.8. The van der Waals surface area contributed by atoms with Crippen molar-refractivity contribution < 1.29 is 5.11 Å². The zero-order chi connectivity index (χ0) is 12.6. The molecule has 1 aliphatic heterocycles. The van der Waals surface area contributed by atoms with Crippen LogP contribution in [-0.2, 0) is 0 Å². The van der Waals surface area contributed by atoms with E-state index < -0.39 is 5.60 Å². The number of nitrogens with one attached hydrogen (secondary N) is 1. The number of fused-ring (bicyclic) bond motifs is 1. The summed E-state index contributed by atoms with van der Waals surface area (Å²) < 4.78 is 0.